The predicted molar refractivity (Wildman–Crippen MR) is 90.4 cm³/mol. The van der Waals surface area contributed by atoms with Crippen LogP contribution in [0.15, 0.2) is 35.6 Å². The van der Waals surface area contributed by atoms with Crippen LogP contribution < -0.4 is 10.7 Å². The van der Waals surface area contributed by atoms with Crippen LogP contribution in [-0.2, 0) is 13.1 Å². The lowest BCUT2D eigenvalue weighted by Crippen LogP contribution is -2.30. The third-order valence-corrected chi connectivity index (χ3v) is 4.03. The Morgan fingerprint density at radius 2 is 2.09 bits per heavy atom. The standard InChI is InChI=1S/C17H21N5O/c1-11-4-5-12(2)17-16(11)15(23)6-14(21-17)7-19-13(3)8-22-10-18-9-20-22/h4-6,9-10,13,19H,7-8H2,1-3H3,(H,21,23). The summed E-state index contributed by atoms with van der Waals surface area (Å²) in [5, 5.41) is 8.28. The number of benzene rings is 1. The molecule has 3 rings (SSSR count). The van der Waals surface area contributed by atoms with Crippen LogP contribution in [0, 0.1) is 13.8 Å². The zero-order valence-electron chi connectivity index (χ0n) is 13.6. The first-order chi connectivity index (χ1) is 11.0. The van der Waals surface area contributed by atoms with Crippen LogP contribution in [0.25, 0.3) is 10.9 Å². The van der Waals surface area contributed by atoms with Gasteiger partial charge < -0.3 is 10.3 Å². The number of nitrogens with one attached hydrogen (secondary N) is 2. The van der Waals surface area contributed by atoms with Gasteiger partial charge in [-0.15, -0.1) is 0 Å². The minimum Gasteiger partial charge on any atom is -0.357 e. The monoisotopic (exact) mass is 311 g/mol. The Hall–Kier alpha value is -2.47. The van der Waals surface area contributed by atoms with E-state index in [4.69, 9.17) is 0 Å². The van der Waals surface area contributed by atoms with Crippen LogP contribution in [0.1, 0.15) is 23.7 Å². The van der Waals surface area contributed by atoms with E-state index in [1.165, 1.54) is 6.33 Å². The number of aryl methyl sites for hydroxylation is 2. The molecule has 0 fully saturated rings. The van der Waals surface area contributed by atoms with Gasteiger partial charge in [0.1, 0.15) is 12.7 Å². The molecule has 0 aliphatic carbocycles. The second-order valence-corrected chi connectivity index (χ2v) is 6.01. The van der Waals surface area contributed by atoms with Crippen molar-refractivity contribution >= 4 is 10.9 Å². The van der Waals surface area contributed by atoms with E-state index in [2.05, 4.69) is 27.3 Å². The third-order valence-electron chi connectivity index (χ3n) is 4.03. The Morgan fingerprint density at radius 1 is 1.30 bits per heavy atom. The lowest BCUT2D eigenvalue weighted by Gasteiger charge is -2.14. The molecule has 1 atom stereocenters. The molecular weight excluding hydrogens is 290 g/mol. The van der Waals surface area contributed by atoms with Crippen LogP contribution in [0.2, 0.25) is 0 Å². The molecule has 0 aliphatic rings. The van der Waals surface area contributed by atoms with Crippen molar-refractivity contribution in [2.75, 3.05) is 0 Å². The fraction of sp³-hybridized carbons (Fsp3) is 0.353. The molecule has 1 unspecified atom stereocenters. The smallest absolute Gasteiger partial charge is 0.189 e. The highest BCUT2D eigenvalue weighted by Gasteiger charge is 2.08. The predicted octanol–water partition coefficient (Wildman–Crippen LogP) is 1.91. The summed E-state index contributed by atoms with van der Waals surface area (Å²) in [6.45, 7) is 7.40. The van der Waals surface area contributed by atoms with Gasteiger partial charge in [-0.1, -0.05) is 12.1 Å². The molecule has 2 N–H and O–H groups in total. The van der Waals surface area contributed by atoms with Gasteiger partial charge in [0.2, 0.25) is 0 Å². The van der Waals surface area contributed by atoms with Gasteiger partial charge in [-0.3, -0.25) is 9.48 Å². The van der Waals surface area contributed by atoms with Crippen molar-refractivity contribution < 1.29 is 0 Å². The van der Waals surface area contributed by atoms with Gasteiger partial charge in [0.15, 0.2) is 5.43 Å². The number of fused-ring (bicyclic) bond motifs is 1. The molecule has 3 aromatic rings. The molecule has 0 saturated heterocycles. The van der Waals surface area contributed by atoms with E-state index >= 15 is 0 Å². The lowest BCUT2D eigenvalue weighted by atomic mass is 10.0. The first kappa shape index (κ1) is 15.4. The SMILES string of the molecule is Cc1ccc(C)c2c(=O)cc(CNC(C)Cn3cncn3)[nH]c12. The van der Waals surface area contributed by atoms with Crippen molar-refractivity contribution in [2.45, 2.75) is 39.9 Å². The van der Waals surface area contributed by atoms with Gasteiger partial charge in [0, 0.05) is 29.7 Å². The number of aromatic nitrogens is 4. The number of rotatable bonds is 5. The van der Waals surface area contributed by atoms with Crippen LogP contribution in [0.3, 0.4) is 0 Å². The second-order valence-electron chi connectivity index (χ2n) is 6.01. The first-order valence-electron chi connectivity index (χ1n) is 7.72. The molecule has 0 spiro atoms. The van der Waals surface area contributed by atoms with Crippen molar-refractivity contribution in [3.8, 4) is 0 Å². The molecule has 0 bridgehead atoms. The second kappa shape index (κ2) is 6.34. The Labute approximate surface area is 134 Å². The molecule has 0 saturated carbocycles. The number of pyridine rings is 1. The summed E-state index contributed by atoms with van der Waals surface area (Å²) in [5.74, 6) is 0. The van der Waals surface area contributed by atoms with E-state index < -0.39 is 0 Å². The Bertz CT molecular complexity index is 867. The van der Waals surface area contributed by atoms with E-state index in [1.54, 1.807) is 17.1 Å². The van der Waals surface area contributed by atoms with E-state index in [9.17, 15) is 4.79 Å². The summed E-state index contributed by atoms with van der Waals surface area (Å²) in [6, 6.07) is 5.93. The van der Waals surface area contributed by atoms with Crippen molar-refractivity contribution in [2.24, 2.45) is 0 Å². The summed E-state index contributed by atoms with van der Waals surface area (Å²) in [7, 11) is 0. The molecule has 0 amide bonds. The minimum absolute atomic E-state index is 0.0701. The summed E-state index contributed by atoms with van der Waals surface area (Å²) in [4.78, 5) is 19.7. The van der Waals surface area contributed by atoms with Crippen molar-refractivity contribution in [3.05, 3.63) is 57.9 Å². The Kier molecular flexibility index (Phi) is 4.25. The van der Waals surface area contributed by atoms with Gasteiger partial charge in [0.25, 0.3) is 0 Å². The van der Waals surface area contributed by atoms with Gasteiger partial charge in [-0.25, -0.2) is 4.98 Å². The summed E-state index contributed by atoms with van der Waals surface area (Å²) < 4.78 is 1.79. The maximum Gasteiger partial charge on any atom is 0.189 e. The molecule has 6 heteroatoms. The molecule has 2 heterocycles. The minimum atomic E-state index is 0.0701. The van der Waals surface area contributed by atoms with Crippen molar-refractivity contribution in [1.82, 2.24) is 25.1 Å². The molecular formula is C17H21N5O. The summed E-state index contributed by atoms with van der Waals surface area (Å²) in [6.07, 6.45) is 3.22. The highest BCUT2D eigenvalue weighted by atomic mass is 16.1. The number of hydrogen-bond donors (Lipinski definition) is 2. The highest BCUT2D eigenvalue weighted by molar-refractivity contribution is 5.84. The molecule has 120 valence electrons. The number of aromatic amines is 1. The van der Waals surface area contributed by atoms with E-state index in [1.807, 2.05) is 26.0 Å². The molecule has 0 aliphatic heterocycles. The largest absolute Gasteiger partial charge is 0.357 e. The van der Waals surface area contributed by atoms with E-state index in [0.717, 1.165) is 34.3 Å². The number of H-pyrrole nitrogens is 1. The zero-order chi connectivity index (χ0) is 16.4. The van der Waals surface area contributed by atoms with Crippen LogP contribution >= 0.6 is 0 Å². The molecule has 1 aromatic carbocycles. The fourth-order valence-electron chi connectivity index (χ4n) is 2.77. The Balaban J connectivity index is 1.78. The summed E-state index contributed by atoms with van der Waals surface area (Å²) in [5.41, 5.74) is 3.98. The van der Waals surface area contributed by atoms with E-state index in [-0.39, 0.29) is 11.5 Å². The van der Waals surface area contributed by atoms with E-state index in [0.29, 0.717) is 6.54 Å². The molecule has 6 nitrogen and oxygen atoms in total. The topological polar surface area (TPSA) is 75.6 Å². The van der Waals surface area contributed by atoms with Crippen LogP contribution in [0.4, 0.5) is 0 Å². The highest BCUT2D eigenvalue weighted by Crippen LogP contribution is 2.17. The third kappa shape index (κ3) is 3.32. The lowest BCUT2D eigenvalue weighted by molar-refractivity contribution is 0.448. The zero-order valence-corrected chi connectivity index (χ0v) is 13.6. The quantitative estimate of drug-likeness (QED) is 0.755. The van der Waals surface area contributed by atoms with Crippen molar-refractivity contribution in [3.63, 3.8) is 0 Å². The fourth-order valence-corrected chi connectivity index (χ4v) is 2.77. The molecule has 2 aromatic heterocycles. The van der Waals surface area contributed by atoms with Gasteiger partial charge in [-0.2, -0.15) is 5.10 Å². The van der Waals surface area contributed by atoms with Crippen LogP contribution in [0.5, 0.6) is 0 Å². The summed E-state index contributed by atoms with van der Waals surface area (Å²) >= 11 is 0. The molecule has 0 radical (unpaired) electrons. The first-order valence-corrected chi connectivity index (χ1v) is 7.72. The number of hydrogen-bond acceptors (Lipinski definition) is 4. The average molecular weight is 311 g/mol. The maximum atomic E-state index is 12.4. The normalized spacial score (nSPS) is 12.7. The Morgan fingerprint density at radius 3 is 2.83 bits per heavy atom. The maximum absolute atomic E-state index is 12.4. The number of nitrogens with zero attached hydrogens (tertiary/aromatic N) is 3. The average Bonchev–Trinajstić information content (AvgIpc) is 3.01. The van der Waals surface area contributed by atoms with Crippen molar-refractivity contribution in [1.29, 1.82) is 0 Å². The van der Waals surface area contributed by atoms with Crippen LogP contribution in [-0.4, -0.2) is 25.8 Å². The molecule has 23 heavy (non-hydrogen) atoms. The van der Waals surface area contributed by atoms with Gasteiger partial charge >= 0.3 is 0 Å². The van der Waals surface area contributed by atoms with Gasteiger partial charge in [0.05, 0.1) is 12.1 Å². The van der Waals surface area contributed by atoms with Gasteiger partial charge in [-0.05, 0) is 31.9 Å².